The fraction of sp³-hybridized carbons (Fsp3) is 0.200. The molecule has 4 aromatic rings. The number of nitrogens with one attached hydrogen (secondary N) is 1. The third-order valence-corrected chi connectivity index (χ3v) is 5.45. The maximum atomic E-state index is 12.4. The van der Waals surface area contributed by atoms with E-state index in [4.69, 9.17) is 25.8 Å². The number of halogens is 1. The van der Waals surface area contributed by atoms with Crippen molar-refractivity contribution in [1.82, 2.24) is 19.9 Å². The fourth-order valence-electron chi connectivity index (χ4n) is 3.13. The molecule has 0 bridgehead atoms. The fourth-order valence-corrected chi connectivity index (χ4v) is 3.30. The molecule has 2 aromatic carbocycles. The van der Waals surface area contributed by atoms with Crippen molar-refractivity contribution in [2.75, 3.05) is 13.7 Å². The van der Waals surface area contributed by atoms with E-state index in [9.17, 15) is 4.79 Å². The molecule has 8 nitrogen and oxygen atoms in total. The molecule has 0 radical (unpaired) electrons. The normalized spacial score (nSPS) is 10.7. The van der Waals surface area contributed by atoms with Crippen molar-refractivity contribution < 1.29 is 14.2 Å². The first-order valence-corrected chi connectivity index (χ1v) is 11.0. The van der Waals surface area contributed by atoms with Gasteiger partial charge in [-0.15, -0.1) is 0 Å². The van der Waals surface area contributed by atoms with Gasteiger partial charge in [-0.05, 0) is 47.9 Å². The molecule has 34 heavy (non-hydrogen) atoms. The Morgan fingerprint density at radius 1 is 0.941 bits per heavy atom. The summed E-state index contributed by atoms with van der Waals surface area (Å²) in [6.07, 6.45) is 5.73. The van der Waals surface area contributed by atoms with E-state index in [1.807, 2.05) is 43.3 Å². The van der Waals surface area contributed by atoms with Crippen LogP contribution in [0.15, 0.2) is 65.8 Å². The second-order valence-electron chi connectivity index (χ2n) is 7.55. The van der Waals surface area contributed by atoms with E-state index in [0.717, 1.165) is 16.7 Å². The number of methoxy groups -OCH3 is 1. The van der Waals surface area contributed by atoms with Gasteiger partial charge in [0, 0.05) is 42.0 Å². The van der Waals surface area contributed by atoms with Gasteiger partial charge in [0.25, 0.3) is 11.6 Å². The lowest BCUT2D eigenvalue weighted by Gasteiger charge is -2.09. The largest absolute Gasteiger partial charge is 0.467 e. The maximum Gasteiger partial charge on any atom is 0.316 e. The quantitative estimate of drug-likeness (QED) is 0.377. The van der Waals surface area contributed by atoms with Crippen LogP contribution in [-0.4, -0.2) is 33.7 Å². The van der Waals surface area contributed by atoms with Gasteiger partial charge in [0.15, 0.2) is 0 Å². The Morgan fingerprint density at radius 2 is 1.68 bits per heavy atom. The lowest BCUT2D eigenvalue weighted by Crippen LogP contribution is -2.16. The maximum absolute atomic E-state index is 12.4. The van der Waals surface area contributed by atoms with Crippen LogP contribution in [0.2, 0.25) is 5.02 Å². The summed E-state index contributed by atoms with van der Waals surface area (Å²) in [4.78, 5) is 27.3. The molecule has 174 valence electrons. The third kappa shape index (κ3) is 6.11. The summed E-state index contributed by atoms with van der Waals surface area (Å²) >= 11 is 6.15. The lowest BCUT2D eigenvalue weighted by molar-refractivity contribution is 0.295. The smallest absolute Gasteiger partial charge is 0.316 e. The lowest BCUT2D eigenvalue weighted by atomic mass is 10.1. The summed E-state index contributed by atoms with van der Waals surface area (Å²) in [5.41, 5.74) is 3.07. The molecule has 1 N–H and O–H groups in total. The molecule has 0 saturated heterocycles. The van der Waals surface area contributed by atoms with E-state index >= 15 is 0 Å². The highest BCUT2D eigenvalue weighted by Crippen LogP contribution is 2.26. The number of aromatic amines is 1. The van der Waals surface area contributed by atoms with Gasteiger partial charge in [-0.3, -0.25) is 9.78 Å². The van der Waals surface area contributed by atoms with Crippen molar-refractivity contribution in [3.63, 3.8) is 0 Å². The Bertz CT molecular complexity index is 1310. The molecule has 0 aliphatic rings. The second kappa shape index (κ2) is 10.8. The predicted molar refractivity (Wildman–Crippen MR) is 128 cm³/mol. The van der Waals surface area contributed by atoms with E-state index in [2.05, 4.69) is 19.9 Å². The van der Waals surface area contributed by atoms with Gasteiger partial charge in [-0.2, -0.15) is 0 Å². The Morgan fingerprint density at radius 3 is 2.35 bits per heavy atom. The van der Waals surface area contributed by atoms with E-state index in [1.165, 1.54) is 13.3 Å². The van der Waals surface area contributed by atoms with Crippen LogP contribution in [0.25, 0.3) is 0 Å². The number of nitrogens with zero attached hydrogens (tertiary/aromatic N) is 3. The minimum absolute atomic E-state index is 0.177. The Labute approximate surface area is 201 Å². The molecule has 0 amide bonds. The molecule has 0 fully saturated rings. The Kier molecular flexibility index (Phi) is 7.39. The van der Waals surface area contributed by atoms with Crippen LogP contribution in [0.4, 0.5) is 0 Å². The summed E-state index contributed by atoms with van der Waals surface area (Å²) in [7, 11) is 1.50. The zero-order chi connectivity index (χ0) is 23.9. The number of ether oxygens (including phenoxy) is 3. The van der Waals surface area contributed by atoms with Gasteiger partial charge in [0.1, 0.15) is 11.5 Å². The van der Waals surface area contributed by atoms with Crippen LogP contribution in [0.5, 0.6) is 23.5 Å². The van der Waals surface area contributed by atoms with Crippen molar-refractivity contribution in [2.45, 2.75) is 19.8 Å². The predicted octanol–water partition coefficient (Wildman–Crippen LogP) is 4.53. The van der Waals surface area contributed by atoms with E-state index in [0.29, 0.717) is 41.5 Å². The van der Waals surface area contributed by atoms with Gasteiger partial charge < -0.3 is 14.2 Å². The molecular formula is C25H23ClN4O4. The molecule has 0 aliphatic heterocycles. The van der Waals surface area contributed by atoms with Crippen molar-refractivity contribution in [3.05, 3.63) is 98.7 Å². The third-order valence-electron chi connectivity index (χ3n) is 5.04. The number of hydrogen-bond donors (Lipinski definition) is 1. The highest BCUT2D eigenvalue weighted by atomic mass is 35.5. The van der Waals surface area contributed by atoms with Crippen LogP contribution in [0.3, 0.4) is 0 Å². The average Bonchev–Trinajstić information content (AvgIpc) is 2.85. The molecule has 2 heterocycles. The minimum Gasteiger partial charge on any atom is -0.467 e. The van der Waals surface area contributed by atoms with Gasteiger partial charge in [0.05, 0.1) is 13.7 Å². The summed E-state index contributed by atoms with van der Waals surface area (Å²) in [6, 6.07) is 13.8. The van der Waals surface area contributed by atoms with E-state index < -0.39 is 0 Å². The number of rotatable bonds is 9. The van der Waals surface area contributed by atoms with Crippen molar-refractivity contribution in [3.8, 4) is 23.5 Å². The van der Waals surface area contributed by atoms with E-state index in [1.54, 1.807) is 18.5 Å². The zero-order valence-electron chi connectivity index (χ0n) is 18.7. The second-order valence-corrected chi connectivity index (χ2v) is 7.96. The summed E-state index contributed by atoms with van der Waals surface area (Å²) in [5.74, 6) is 1.40. The molecule has 2 aromatic heterocycles. The monoisotopic (exact) mass is 478 g/mol. The highest BCUT2D eigenvalue weighted by Gasteiger charge is 2.07. The van der Waals surface area contributed by atoms with Gasteiger partial charge >= 0.3 is 6.01 Å². The van der Waals surface area contributed by atoms with E-state index in [-0.39, 0.29) is 17.6 Å². The molecule has 0 atom stereocenters. The molecule has 0 saturated carbocycles. The van der Waals surface area contributed by atoms with Crippen LogP contribution in [0.1, 0.15) is 22.3 Å². The van der Waals surface area contributed by atoms with Crippen LogP contribution < -0.4 is 19.8 Å². The molecule has 4 rings (SSSR count). The summed E-state index contributed by atoms with van der Waals surface area (Å²) in [5, 5.41) is 0.667. The number of hydrogen-bond acceptors (Lipinski definition) is 7. The first-order chi connectivity index (χ1) is 16.5. The number of benzene rings is 2. The van der Waals surface area contributed by atoms with Crippen molar-refractivity contribution >= 4 is 11.6 Å². The molecule has 9 heteroatoms. The first kappa shape index (κ1) is 23.3. The number of H-pyrrole nitrogens is 1. The van der Waals surface area contributed by atoms with Crippen molar-refractivity contribution in [2.24, 2.45) is 0 Å². The topological polar surface area (TPSA) is 99.2 Å². The standard InChI is InChI=1S/C25H23ClN4O4/c1-16-3-6-21(12-22(16)26)34-20-7-4-17(5-8-20)9-10-33-25-29-15-19(23(31)30-25)11-18-13-27-24(32-2)28-14-18/h3-8,12-15H,9-11H2,1-2H3,(H,29,30,31). The van der Waals surface area contributed by atoms with Crippen LogP contribution in [-0.2, 0) is 12.8 Å². The highest BCUT2D eigenvalue weighted by molar-refractivity contribution is 6.31. The van der Waals surface area contributed by atoms with Crippen LogP contribution >= 0.6 is 11.6 Å². The Balaban J connectivity index is 1.28. The zero-order valence-corrected chi connectivity index (χ0v) is 19.5. The first-order valence-electron chi connectivity index (χ1n) is 10.6. The SMILES string of the molecule is COc1ncc(Cc2cnc(OCCc3ccc(Oc4ccc(C)c(Cl)c4)cc3)[nH]c2=O)cn1. The molecule has 0 aliphatic carbocycles. The van der Waals surface area contributed by atoms with Crippen molar-refractivity contribution in [1.29, 1.82) is 0 Å². The summed E-state index contributed by atoms with van der Waals surface area (Å²) in [6.45, 7) is 2.31. The van der Waals surface area contributed by atoms with Gasteiger partial charge in [-0.25, -0.2) is 15.0 Å². The molecule has 0 spiro atoms. The Hall–Kier alpha value is -3.91. The number of aromatic nitrogens is 4. The molecule has 0 unspecified atom stereocenters. The number of aryl methyl sites for hydroxylation is 1. The van der Waals surface area contributed by atoms with Gasteiger partial charge in [0.2, 0.25) is 0 Å². The van der Waals surface area contributed by atoms with Crippen LogP contribution in [0, 0.1) is 6.92 Å². The molecular weight excluding hydrogens is 456 g/mol. The minimum atomic E-state index is -0.265. The summed E-state index contributed by atoms with van der Waals surface area (Å²) < 4.78 is 16.4. The van der Waals surface area contributed by atoms with Gasteiger partial charge in [-0.1, -0.05) is 29.8 Å². The average molecular weight is 479 g/mol.